The number of pyridine rings is 1. The molecule has 3 rings (SSSR count). The Morgan fingerprint density at radius 1 is 1.31 bits per heavy atom. The van der Waals surface area contributed by atoms with Gasteiger partial charge >= 0.3 is 0 Å². The van der Waals surface area contributed by atoms with Gasteiger partial charge in [-0.05, 0) is 42.4 Å². The van der Waals surface area contributed by atoms with E-state index in [1.165, 1.54) is 17.4 Å². The summed E-state index contributed by atoms with van der Waals surface area (Å²) in [6.07, 6.45) is 5.14. The van der Waals surface area contributed by atoms with E-state index in [0.29, 0.717) is 23.0 Å². The summed E-state index contributed by atoms with van der Waals surface area (Å²) in [5.74, 6) is 1.17. The molecule has 2 unspecified atom stereocenters. The monoisotopic (exact) mass is 355 g/mol. The zero-order valence-electron chi connectivity index (χ0n) is 15.8. The first-order chi connectivity index (χ1) is 12.4. The van der Waals surface area contributed by atoms with Crippen LogP contribution in [0.3, 0.4) is 0 Å². The normalized spacial score (nSPS) is 19.4. The second-order valence-corrected chi connectivity index (χ2v) is 7.39. The molecule has 1 fully saturated rings. The average molecular weight is 355 g/mol. The Hall–Kier alpha value is -2.43. The molecule has 2 atom stereocenters. The van der Waals surface area contributed by atoms with Crippen molar-refractivity contribution in [1.82, 2.24) is 9.88 Å². The third-order valence-corrected chi connectivity index (χ3v) is 5.23. The van der Waals surface area contributed by atoms with E-state index < -0.39 is 5.82 Å². The molecule has 0 radical (unpaired) electrons. The van der Waals surface area contributed by atoms with Crippen LogP contribution in [0.2, 0.25) is 0 Å². The lowest BCUT2D eigenvalue weighted by Crippen LogP contribution is -2.23. The summed E-state index contributed by atoms with van der Waals surface area (Å²) in [5.41, 5.74) is 2.35. The predicted octanol–water partition coefficient (Wildman–Crippen LogP) is 4.53. The van der Waals surface area contributed by atoms with Gasteiger partial charge < -0.3 is 10.2 Å². The topological polar surface area (TPSA) is 45.2 Å². The molecule has 2 aromatic rings. The van der Waals surface area contributed by atoms with Gasteiger partial charge in [0, 0.05) is 38.5 Å². The maximum absolute atomic E-state index is 15.0. The van der Waals surface area contributed by atoms with Gasteiger partial charge in [-0.25, -0.2) is 9.37 Å². The van der Waals surface area contributed by atoms with E-state index in [4.69, 9.17) is 0 Å². The van der Waals surface area contributed by atoms with Gasteiger partial charge in [0.2, 0.25) is 0 Å². The zero-order chi connectivity index (χ0) is 18.8. The minimum Gasteiger partial charge on any atom is -0.373 e. The van der Waals surface area contributed by atoms with E-state index in [1.807, 2.05) is 13.1 Å². The second-order valence-electron chi connectivity index (χ2n) is 7.39. The maximum Gasteiger partial charge on any atom is 0.256 e. The van der Waals surface area contributed by atoms with Crippen LogP contribution in [-0.4, -0.2) is 36.9 Å². The molecule has 138 valence electrons. The van der Waals surface area contributed by atoms with Crippen LogP contribution < -0.4 is 5.32 Å². The van der Waals surface area contributed by atoms with Crippen molar-refractivity contribution in [2.24, 2.45) is 5.92 Å². The number of hydrogen-bond donors (Lipinski definition) is 1. The van der Waals surface area contributed by atoms with Crippen LogP contribution in [0, 0.1) is 11.7 Å². The van der Waals surface area contributed by atoms with Crippen LogP contribution in [0.15, 0.2) is 30.5 Å². The van der Waals surface area contributed by atoms with Gasteiger partial charge in [-0.1, -0.05) is 25.5 Å². The molecular weight excluding hydrogens is 329 g/mol. The van der Waals surface area contributed by atoms with Gasteiger partial charge in [0.25, 0.3) is 5.91 Å². The molecular formula is C21H26FN3O. The van der Waals surface area contributed by atoms with Gasteiger partial charge in [-0.2, -0.15) is 0 Å². The number of halogens is 1. The van der Waals surface area contributed by atoms with E-state index in [1.54, 1.807) is 32.4 Å². The molecule has 0 saturated heterocycles. The van der Waals surface area contributed by atoms with Crippen molar-refractivity contribution in [3.8, 4) is 11.1 Å². The molecule has 1 aromatic heterocycles. The molecule has 1 aliphatic carbocycles. The minimum atomic E-state index is -0.490. The van der Waals surface area contributed by atoms with Crippen LogP contribution in [0.1, 0.15) is 48.0 Å². The fraction of sp³-hybridized carbons (Fsp3) is 0.429. The van der Waals surface area contributed by atoms with E-state index in [2.05, 4.69) is 17.2 Å². The molecule has 1 heterocycles. The smallest absolute Gasteiger partial charge is 0.256 e. The third kappa shape index (κ3) is 3.43. The van der Waals surface area contributed by atoms with Crippen LogP contribution >= 0.6 is 0 Å². The minimum absolute atomic E-state index is 0.0845. The van der Waals surface area contributed by atoms with Crippen molar-refractivity contribution in [3.63, 3.8) is 0 Å². The Bertz CT molecular complexity index is 819. The number of carbonyl (C=O) groups is 1. The summed E-state index contributed by atoms with van der Waals surface area (Å²) in [5, 5.41) is 3.16. The predicted molar refractivity (Wildman–Crippen MR) is 103 cm³/mol. The zero-order valence-corrected chi connectivity index (χ0v) is 15.8. The van der Waals surface area contributed by atoms with Crippen molar-refractivity contribution in [3.05, 3.63) is 47.4 Å². The van der Waals surface area contributed by atoms with Gasteiger partial charge in [-0.3, -0.25) is 4.79 Å². The number of benzene rings is 1. The Morgan fingerprint density at radius 2 is 2.08 bits per heavy atom. The highest BCUT2D eigenvalue weighted by molar-refractivity contribution is 5.95. The standard InChI is InChI=1S/C21H26FN3O/c1-13-8-9-14(10-13)18-11-15(12-24-20(18)23-2)16-6-5-7-17(19(16)22)21(26)25(3)4/h5-7,11-14H,8-10H2,1-4H3,(H,23,24). The number of nitrogens with zero attached hydrogens (tertiary/aromatic N) is 2. The highest BCUT2D eigenvalue weighted by Gasteiger charge is 2.26. The molecule has 0 bridgehead atoms. The lowest BCUT2D eigenvalue weighted by Gasteiger charge is -2.17. The lowest BCUT2D eigenvalue weighted by atomic mass is 9.93. The molecule has 26 heavy (non-hydrogen) atoms. The summed E-state index contributed by atoms with van der Waals surface area (Å²) >= 11 is 0. The fourth-order valence-corrected chi connectivity index (χ4v) is 3.80. The van der Waals surface area contributed by atoms with Crippen LogP contribution in [-0.2, 0) is 0 Å². The first-order valence-corrected chi connectivity index (χ1v) is 9.10. The first-order valence-electron chi connectivity index (χ1n) is 9.10. The number of nitrogens with one attached hydrogen (secondary N) is 1. The molecule has 1 aliphatic rings. The SMILES string of the molecule is CNc1ncc(-c2cccc(C(=O)N(C)C)c2F)cc1C1CCC(C)C1. The summed E-state index contributed by atoms with van der Waals surface area (Å²) in [7, 11) is 5.11. The largest absolute Gasteiger partial charge is 0.373 e. The van der Waals surface area contributed by atoms with E-state index in [-0.39, 0.29) is 11.5 Å². The Labute approximate surface area is 154 Å². The van der Waals surface area contributed by atoms with Crippen molar-refractivity contribution in [1.29, 1.82) is 0 Å². The Kier molecular flexibility index (Phi) is 5.25. The Balaban J connectivity index is 2.05. The number of amides is 1. The van der Waals surface area contributed by atoms with Crippen molar-refractivity contribution < 1.29 is 9.18 Å². The van der Waals surface area contributed by atoms with Gasteiger partial charge in [0.1, 0.15) is 11.6 Å². The highest BCUT2D eigenvalue weighted by atomic mass is 19.1. The molecule has 1 aromatic carbocycles. The number of rotatable bonds is 4. The van der Waals surface area contributed by atoms with Crippen LogP contribution in [0.4, 0.5) is 10.2 Å². The maximum atomic E-state index is 15.0. The van der Waals surface area contributed by atoms with E-state index in [0.717, 1.165) is 24.2 Å². The number of anilines is 1. The summed E-state index contributed by atoms with van der Waals surface area (Å²) < 4.78 is 15.0. The summed E-state index contributed by atoms with van der Waals surface area (Å²) in [6, 6.07) is 6.98. The molecule has 4 nitrogen and oxygen atoms in total. The number of carbonyl (C=O) groups excluding carboxylic acids is 1. The highest BCUT2D eigenvalue weighted by Crippen LogP contribution is 2.41. The van der Waals surface area contributed by atoms with Gasteiger partial charge in [0.15, 0.2) is 0 Å². The summed E-state index contributed by atoms with van der Waals surface area (Å²) in [6.45, 7) is 2.27. The summed E-state index contributed by atoms with van der Waals surface area (Å²) in [4.78, 5) is 18.1. The molecule has 0 aliphatic heterocycles. The third-order valence-electron chi connectivity index (χ3n) is 5.23. The van der Waals surface area contributed by atoms with Crippen LogP contribution in [0.25, 0.3) is 11.1 Å². The number of aromatic nitrogens is 1. The number of hydrogen-bond acceptors (Lipinski definition) is 3. The van der Waals surface area contributed by atoms with E-state index >= 15 is 4.39 Å². The quantitative estimate of drug-likeness (QED) is 0.876. The fourth-order valence-electron chi connectivity index (χ4n) is 3.80. The molecule has 5 heteroatoms. The van der Waals surface area contributed by atoms with E-state index in [9.17, 15) is 4.79 Å². The Morgan fingerprint density at radius 3 is 2.69 bits per heavy atom. The molecule has 1 amide bonds. The molecule has 0 spiro atoms. The van der Waals surface area contributed by atoms with Gasteiger partial charge in [0.05, 0.1) is 5.56 Å². The van der Waals surface area contributed by atoms with Crippen molar-refractivity contribution >= 4 is 11.7 Å². The molecule has 1 N–H and O–H groups in total. The van der Waals surface area contributed by atoms with Crippen molar-refractivity contribution in [2.45, 2.75) is 32.1 Å². The second kappa shape index (κ2) is 7.44. The van der Waals surface area contributed by atoms with Crippen molar-refractivity contribution in [2.75, 3.05) is 26.5 Å². The lowest BCUT2D eigenvalue weighted by molar-refractivity contribution is 0.0823. The van der Waals surface area contributed by atoms with Crippen LogP contribution in [0.5, 0.6) is 0 Å². The first kappa shape index (κ1) is 18.4. The van der Waals surface area contributed by atoms with Gasteiger partial charge in [-0.15, -0.1) is 0 Å². The average Bonchev–Trinajstić information content (AvgIpc) is 3.07. The molecule has 1 saturated carbocycles.